The molecule has 0 aromatic heterocycles. The maximum Gasteiger partial charge on any atom is 0.335 e. The molecule has 0 bridgehead atoms. The zero-order chi connectivity index (χ0) is 13.8. The molecular formula is C14H15BrINO2. The van der Waals surface area contributed by atoms with Crippen molar-refractivity contribution in [3.63, 3.8) is 0 Å². The van der Waals surface area contributed by atoms with Crippen molar-refractivity contribution in [3.05, 3.63) is 37.5 Å². The minimum absolute atomic E-state index is 0.187. The number of esters is 1. The van der Waals surface area contributed by atoms with Crippen LogP contribution >= 0.6 is 38.5 Å². The molecule has 0 fully saturated rings. The van der Waals surface area contributed by atoms with Crippen LogP contribution in [-0.2, 0) is 9.53 Å². The molecule has 0 atom stereocenters. The number of anilines is 1. The van der Waals surface area contributed by atoms with Gasteiger partial charge in [-0.25, -0.2) is 4.79 Å². The second-order valence-electron chi connectivity index (χ2n) is 4.28. The van der Waals surface area contributed by atoms with Crippen LogP contribution in [-0.4, -0.2) is 12.6 Å². The summed E-state index contributed by atoms with van der Waals surface area (Å²) in [5.74, 6) is -0.187. The fraction of sp³-hybridized carbons (Fsp3) is 0.357. The topological polar surface area (TPSA) is 38.3 Å². The lowest BCUT2D eigenvalue weighted by atomic mass is 10.2. The first kappa shape index (κ1) is 14.8. The average molecular weight is 436 g/mol. The van der Waals surface area contributed by atoms with Crippen molar-refractivity contribution in [2.75, 3.05) is 11.9 Å². The molecule has 0 saturated heterocycles. The molecule has 0 saturated carbocycles. The summed E-state index contributed by atoms with van der Waals surface area (Å²) in [6.45, 7) is 2.25. The van der Waals surface area contributed by atoms with Crippen LogP contribution in [0.5, 0.6) is 0 Å². The highest BCUT2D eigenvalue weighted by molar-refractivity contribution is 14.1. The predicted molar refractivity (Wildman–Crippen MR) is 88.0 cm³/mol. The van der Waals surface area contributed by atoms with Gasteiger partial charge in [-0.15, -0.1) is 0 Å². The highest BCUT2D eigenvalue weighted by Gasteiger charge is 2.22. The molecule has 0 radical (unpaired) electrons. The largest absolute Gasteiger partial charge is 0.463 e. The van der Waals surface area contributed by atoms with Crippen LogP contribution < -0.4 is 5.32 Å². The molecule has 0 aliphatic heterocycles. The van der Waals surface area contributed by atoms with Gasteiger partial charge in [0, 0.05) is 13.7 Å². The number of halogens is 2. The minimum atomic E-state index is -0.187. The Hall–Kier alpha value is -0.560. The third-order valence-electron chi connectivity index (χ3n) is 2.95. The number of carbonyl (C=O) groups is 1. The second kappa shape index (κ2) is 6.74. The van der Waals surface area contributed by atoms with Gasteiger partial charge in [0.2, 0.25) is 0 Å². The van der Waals surface area contributed by atoms with Crippen LogP contribution in [0.15, 0.2) is 33.9 Å². The third-order valence-corrected chi connectivity index (χ3v) is 4.39. The van der Waals surface area contributed by atoms with Gasteiger partial charge in [0.1, 0.15) is 0 Å². The highest BCUT2D eigenvalue weighted by atomic mass is 127. The lowest BCUT2D eigenvalue weighted by Gasteiger charge is -2.12. The Balaban J connectivity index is 2.23. The van der Waals surface area contributed by atoms with Gasteiger partial charge < -0.3 is 10.1 Å². The summed E-state index contributed by atoms with van der Waals surface area (Å²) in [6, 6.07) is 6.06. The van der Waals surface area contributed by atoms with E-state index in [1.165, 1.54) is 0 Å². The predicted octanol–water partition coefficient (Wildman–Crippen LogP) is 4.47. The molecule has 2 rings (SSSR count). The molecule has 0 amide bonds. The zero-order valence-corrected chi connectivity index (χ0v) is 14.4. The van der Waals surface area contributed by atoms with E-state index in [0.29, 0.717) is 6.61 Å². The van der Waals surface area contributed by atoms with Gasteiger partial charge in [-0.1, -0.05) is 15.9 Å². The number of rotatable bonds is 4. The van der Waals surface area contributed by atoms with Crippen LogP contribution in [0.3, 0.4) is 0 Å². The fourth-order valence-corrected chi connectivity index (χ4v) is 2.91. The van der Waals surface area contributed by atoms with E-state index in [0.717, 1.165) is 44.3 Å². The molecule has 1 aliphatic carbocycles. The molecule has 1 aliphatic rings. The molecule has 102 valence electrons. The summed E-state index contributed by atoms with van der Waals surface area (Å²) < 4.78 is 7.25. The van der Waals surface area contributed by atoms with E-state index in [1.54, 1.807) is 0 Å². The van der Waals surface area contributed by atoms with Crippen LogP contribution in [0.4, 0.5) is 5.69 Å². The van der Waals surface area contributed by atoms with Crippen molar-refractivity contribution in [2.45, 2.75) is 26.2 Å². The van der Waals surface area contributed by atoms with E-state index in [9.17, 15) is 4.79 Å². The normalized spacial score (nSPS) is 14.7. The quantitative estimate of drug-likeness (QED) is 0.560. The SMILES string of the molecule is CCOC(=O)C1=C(Nc2cc(Br)ccc2I)CCC1. The maximum absolute atomic E-state index is 11.9. The van der Waals surface area contributed by atoms with E-state index in [2.05, 4.69) is 43.8 Å². The summed E-state index contributed by atoms with van der Waals surface area (Å²) >= 11 is 5.75. The summed E-state index contributed by atoms with van der Waals surface area (Å²) in [4.78, 5) is 11.9. The zero-order valence-electron chi connectivity index (χ0n) is 10.6. The second-order valence-corrected chi connectivity index (χ2v) is 6.36. The number of benzene rings is 1. The number of ether oxygens (including phenoxy) is 1. The van der Waals surface area contributed by atoms with Crippen molar-refractivity contribution in [2.24, 2.45) is 0 Å². The molecule has 0 spiro atoms. The van der Waals surface area contributed by atoms with E-state index < -0.39 is 0 Å². The lowest BCUT2D eigenvalue weighted by Crippen LogP contribution is -2.10. The Kier molecular flexibility index (Phi) is 5.27. The van der Waals surface area contributed by atoms with Gasteiger partial charge in [-0.3, -0.25) is 0 Å². The fourth-order valence-electron chi connectivity index (χ4n) is 2.08. The molecule has 1 N–H and O–H groups in total. The van der Waals surface area contributed by atoms with Crippen molar-refractivity contribution in [1.29, 1.82) is 0 Å². The smallest absolute Gasteiger partial charge is 0.335 e. The molecule has 5 heteroatoms. The van der Waals surface area contributed by atoms with Crippen molar-refractivity contribution >= 4 is 50.2 Å². The summed E-state index contributed by atoms with van der Waals surface area (Å²) in [5, 5.41) is 3.38. The average Bonchev–Trinajstić information content (AvgIpc) is 2.82. The summed E-state index contributed by atoms with van der Waals surface area (Å²) in [5.41, 5.74) is 2.81. The Labute approximate surface area is 135 Å². The number of carbonyl (C=O) groups excluding carboxylic acids is 1. The highest BCUT2D eigenvalue weighted by Crippen LogP contribution is 2.31. The van der Waals surface area contributed by atoms with Crippen molar-refractivity contribution in [3.8, 4) is 0 Å². The first-order valence-corrected chi connectivity index (χ1v) is 8.10. The molecule has 3 nitrogen and oxygen atoms in total. The summed E-state index contributed by atoms with van der Waals surface area (Å²) in [7, 11) is 0. The standard InChI is InChI=1S/C14H15BrINO2/c1-2-19-14(18)10-4-3-5-12(10)17-13-8-9(15)6-7-11(13)16/h6-8,17H,2-5H2,1H3. The van der Waals surface area contributed by atoms with Crippen LogP contribution in [0.1, 0.15) is 26.2 Å². The first-order valence-electron chi connectivity index (χ1n) is 6.23. The Bertz CT molecular complexity index is 528. The third kappa shape index (κ3) is 3.72. The maximum atomic E-state index is 11.9. The van der Waals surface area contributed by atoms with Crippen molar-refractivity contribution in [1.82, 2.24) is 0 Å². The molecule has 19 heavy (non-hydrogen) atoms. The minimum Gasteiger partial charge on any atom is -0.463 e. The van der Waals surface area contributed by atoms with Gasteiger partial charge in [0.25, 0.3) is 0 Å². The van der Waals surface area contributed by atoms with Gasteiger partial charge in [0.15, 0.2) is 0 Å². The van der Waals surface area contributed by atoms with Crippen LogP contribution in [0.2, 0.25) is 0 Å². The van der Waals surface area contributed by atoms with E-state index in [4.69, 9.17) is 4.74 Å². The van der Waals surface area contributed by atoms with Gasteiger partial charge >= 0.3 is 5.97 Å². The van der Waals surface area contributed by atoms with E-state index in [-0.39, 0.29) is 5.97 Å². The molecule has 1 aromatic rings. The number of hydrogen-bond acceptors (Lipinski definition) is 3. The first-order chi connectivity index (χ1) is 9.11. The van der Waals surface area contributed by atoms with Gasteiger partial charge in [-0.2, -0.15) is 0 Å². The number of allylic oxidation sites excluding steroid dienone is 1. The molecule has 1 aromatic carbocycles. The van der Waals surface area contributed by atoms with Gasteiger partial charge in [0.05, 0.1) is 17.9 Å². The van der Waals surface area contributed by atoms with Crippen LogP contribution in [0.25, 0.3) is 0 Å². The van der Waals surface area contributed by atoms with Gasteiger partial charge in [-0.05, 0) is 67.0 Å². The molecular weight excluding hydrogens is 421 g/mol. The number of nitrogens with one attached hydrogen (secondary N) is 1. The number of hydrogen-bond donors (Lipinski definition) is 1. The van der Waals surface area contributed by atoms with E-state index >= 15 is 0 Å². The molecule has 0 unspecified atom stereocenters. The lowest BCUT2D eigenvalue weighted by molar-refractivity contribution is -0.138. The Morgan fingerprint density at radius 2 is 2.26 bits per heavy atom. The molecule has 0 heterocycles. The Morgan fingerprint density at radius 1 is 1.47 bits per heavy atom. The van der Waals surface area contributed by atoms with Crippen molar-refractivity contribution < 1.29 is 9.53 Å². The van der Waals surface area contributed by atoms with E-state index in [1.807, 2.05) is 25.1 Å². The van der Waals surface area contributed by atoms with Crippen LogP contribution in [0, 0.1) is 3.57 Å². The Morgan fingerprint density at radius 3 is 3.00 bits per heavy atom. The summed E-state index contributed by atoms with van der Waals surface area (Å²) in [6.07, 6.45) is 2.70. The monoisotopic (exact) mass is 435 g/mol.